The summed E-state index contributed by atoms with van der Waals surface area (Å²) in [6.07, 6.45) is 10.4. The number of pyridine rings is 2. The first-order valence-electron chi connectivity index (χ1n) is 12.3. The van der Waals surface area contributed by atoms with Crippen LogP contribution < -0.4 is 10.2 Å². The molecule has 4 aromatic heterocycles. The Balaban J connectivity index is 1.34. The minimum absolute atomic E-state index is 0.0469. The summed E-state index contributed by atoms with van der Waals surface area (Å²) in [4.78, 5) is 21.2. The van der Waals surface area contributed by atoms with Gasteiger partial charge in [0, 0.05) is 74.1 Å². The van der Waals surface area contributed by atoms with Crippen LogP contribution in [-0.2, 0) is 7.05 Å². The van der Waals surface area contributed by atoms with Crippen LogP contribution in [0, 0.1) is 6.92 Å². The number of carbonyl (C=O) groups is 1. The van der Waals surface area contributed by atoms with Crippen molar-refractivity contribution in [3.63, 3.8) is 0 Å². The standard InChI is InChI=1S/C26H32N8O2/c1-4-22(17-35)30-26(36)33-9-7-32(8-10-33)24-6-5-19(13-27-24)23-11-20(21-14-28-31(3)15-21)16-34-25(23)18(2)12-29-34/h5-6,11-16,22,35H,4,7-10,17H2,1-3H3,(H,30,36)/t22-/m0/s1. The van der Waals surface area contributed by atoms with Crippen LogP contribution in [0.5, 0.6) is 0 Å². The molecule has 1 atom stereocenters. The van der Waals surface area contributed by atoms with Crippen molar-refractivity contribution in [2.75, 3.05) is 37.7 Å². The first-order chi connectivity index (χ1) is 17.5. The summed E-state index contributed by atoms with van der Waals surface area (Å²) in [5.74, 6) is 0.894. The Kier molecular flexibility index (Phi) is 6.60. The third kappa shape index (κ3) is 4.64. The molecule has 2 amide bonds. The summed E-state index contributed by atoms with van der Waals surface area (Å²) in [6.45, 7) is 6.60. The predicted molar refractivity (Wildman–Crippen MR) is 139 cm³/mol. The van der Waals surface area contributed by atoms with E-state index in [4.69, 9.17) is 4.98 Å². The van der Waals surface area contributed by atoms with Crippen molar-refractivity contribution in [1.82, 2.24) is 34.6 Å². The number of urea groups is 1. The van der Waals surface area contributed by atoms with Gasteiger partial charge in [-0.1, -0.05) is 6.92 Å². The zero-order valence-corrected chi connectivity index (χ0v) is 20.9. The Morgan fingerprint density at radius 2 is 1.86 bits per heavy atom. The van der Waals surface area contributed by atoms with Crippen molar-refractivity contribution in [3.05, 3.63) is 54.7 Å². The SMILES string of the molecule is CC[C@@H](CO)NC(=O)N1CCN(c2ccc(-c3cc(-c4cnn(C)c4)cn4ncc(C)c34)cn2)CC1. The van der Waals surface area contributed by atoms with E-state index >= 15 is 0 Å². The van der Waals surface area contributed by atoms with Crippen molar-refractivity contribution in [2.24, 2.45) is 7.05 Å². The highest BCUT2D eigenvalue weighted by molar-refractivity contribution is 5.86. The summed E-state index contributed by atoms with van der Waals surface area (Å²) in [6, 6.07) is 6.00. The van der Waals surface area contributed by atoms with Gasteiger partial charge in [-0.15, -0.1) is 0 Å². The van der Waals surface area contributed by atoms with E-state index < -0.39 is 0 Å². The van der Waals surface area contributed by atoms with Crippen LogP contribution >= 0.6 is 0 Å². The van der Waals surface area contributed by atoms with E-state index in [-0.39, 0.29) is 18.7 Å². The van der Waals surface area contributed by atoms with E-state index in [1.165, 1.54) is 0 Å². The van der Waals surface area contributed by atoms with Crippen molar-refractivity contribution in [2.45, 2.75) is 26.3 Å². The molecule has 10 heteroatoms. The number of nitrogens with zero attached hydrogens (tertiary/aromatic N) is 7. The van der Waals surface area contributed by atoms with Crippen molar-refractivity contribution in [1.29, 1.82) is 0 Å². The second-order valence-electron chi connectivity index (χ2n) is 9.28. The van der Waals surface area contributed by atoms with Gasteiger partial charge in [0.2, 0.25) is 0 Å². The molecule has 0 spiro atoms. The first kappa shape index (κ1) is 23.8. The van der Waals surface area contributed by atoms with Crippen molar-refractivity contribution < 1.29 is 9.90 Å². The average Bonchev–Trinajstić information content (AvgIpc) is 3.52. The maximum Gasteiger partial charge on any atom is 0.317 e. The van der Waals surface area contributed by atoms with Crippen LogP contribution in [0.2, 0.25) is 0 Å². The molecule has 0 saturated carbocycles. The van der Waals surface area contributed by atoms with E-state index in [0.29, 0.717) is 32.6 Å². The van der Waals surface area contributed by atoms with Crippen LogP contribution in [0.1, 0.15) is 18.9 Å². The smallest absolute Gasteiger partial charge is 0.317 e. The van der Waals surface area contributed by atoms with Gasteiger partial charge >= 0.3 is 6.03 Å². The number of anilines is 1. The van der Waals surface area contributed by atoms with Gasteiger partial charge in [0.25, 0.3) is 0 Å². The van der Waals surface area contributed by atoms with E-state index in [1.807, 2.05) is 55.5 Å². The fraction of sp³-hybridized carbons (Fsp3) is 0.385. The summed E-state index contributed by atoms with van der Waals surface area (Å²) in [5.41, 5.74) is 6.33. The Hall–Kier alpha value is -3.92. The lowest BCUT2D eigenvalue weighted by molar-refractivity contribution is 0.178. The fourth-order valence-corrected chi connectivity index (χ4v) is 4.64. The zero-order valence-electron chi connectivity index (χ0n) is 20.9. The summed E-state index contributed by atoms with van der Waals surface area (Å²) >= 11 is 0. The Labute approximate surface area is 210 Å². The highest BCUT2D eigenvalue weighted by Gasteiger charge is 2.23. The van der Waals surface area contributed by atoms with Crippen LogP contribution in [0.25, 0.3) is 27.8 Å². The van der Waals surface area contributed by atoms with Gasteiger partial charge in [-0.3, -0.25) is 4.68 Å². The molecule has 0 bridgehead atoms. The van der Waals surface area contributed by atoms with E-state index in [2.05, 4.69) is 39.5 Å². The van der Waals surface area contributed by atoms with Gasteiger partial charge in [0.15, 0.2) is 0 Å². The molecule has 0 radical (unpaired) electrons. The van der Waals surface area contributed by atoms with Crippen LogP contribution in [0.3, 0.4) is 0 Å². The third-order valence-corrected chi connectivity index (χ3v) is 6.82. The molecule has 5 rings (SSSR count). The summed E-state index contributed by atoms with van der Waals surface area (Å²) in [5, 5.41) is 21.1. The normalized spacial score (nSPS) is 14.9. The summed E-state index contributed by atoms with van der Waals surface area (Å²) in [7, 11) is 1.91. The molecule has 1 saturated heterocycles. The number of hydrogen-bond donors (Lipinski definition) is 2. The number of aliphatic hydroxyl groups is 1. The van der Waals surface area contributed by atoms with Gasteiger partial charge in [-0.25, -0.2) is 14.3 Å². The molecule has 1 fully saturated rings. The number of rotatable bonds is 6. The zero-order chi connectivity index (χ0) is 25.2. The van der Waals surface area contributed by atoms with Crippen molar-refractivity contribution in [3.8, 4) is 22.3 Å². The Morgan fingerprint density at radius 3 is 2.50 bits per heavy atom. The largest absolute Gasteiger partial charge is 0.394 e. The topological polar surface area (TPSA) is 104 Å². The molecule has 4 aromatic rings. The first-order valence-corrected chi connectivity index (χ1v) is 12.3. The van der Waals surface area contributed by atoms with E-state index in [0.717, 1.165) is 39.2 Å². The molecule has 1 aliphatic heterocycles. The summed E-state index contributed by atoms with van der Waals surface area (Å²) < 4.78 is 3.72. The number of aromatic nitrogens is 5. The van der Waals surface area contributed by atoms with Crippen LogP contribution in [0.15, 0.2) is 49.2 Å². The molecular weight excluding hydrogens is 456 g/mol. The van der Waals surface area contributed by atoms with Gasteiger partial charge in [-0.05, 0) is 37.1 Å². The highest BCUT2D eigenvalue weighted by atomic mass is 16.3. The quantitative estimate of drug-likeness (QED) is 0.433. The number of aryl methyl sites for hydroxylation is 2. The van der Waals surface area contributed by atoms with Crippen LogP contribution in [0.4, 0.5) is 10.6 Å². The molecule has 188 valence electrons. The lowest BCUT2D eigenvalue weighted by Crippen LogP contribution is -2.54. The van der Waals surface area contributed by atoms with Gasteiger partial charge in [0.05, 0.1) is 30.6 Å². The number of hydrogen-bond acceptors (Lipinski definition) is 6. The van der Waals surface area contributed by atoms with Crippen molar-refractivity contribution >= 4 is 17.4 Å². The molecule has 0 aromatic carbocycles. The lowest BCUT2D eigenvalue weighted by atomic mass is 10.0. The molecule has 0 aliphatic carbocycles. The fourth-order valence-electron chi connectivity index (χ4n) is 4.64. The predicted octanol–water partition coefficient (Wildman–Crippen LogP) is 2.71. The van der Waals surface area contributed by atoms with E-state index in [9.17, 15) is 9.90 Å². The maximum atomic E-state index is 12.5. The van der Waals surface area contributed by atoms with Gasteiger partial charge in [-0.2, -0.15) is 10.2 Å². The van der Waals surface area contributed by atoms with Crippen LogP contribution in [-0.4, -0.2) is 79.2 Å². The number of fused-ring (bicyclic) bond motifs is 1. The number of carbonyl (C=O) groups excluding carboxylic acids is 1. The highest BCUT2D eigenvalue weighted by Crippen LogP contribution is 2.32. The molecule has 1 aliphatic rings. The van der Waals surface area contributed by atoms with Gasteiger partial charge < -0.3 is 20.2 Å². The monoisotopic (exact) mass is 488 g/mol. The number of amides is 2. The number of nitrogens with one attached hydrogen (secondary N) is 1. The molecule has 36 heavy (non-hydrogen) atoms. The average molecular weight is 489 g/mol. The number of piperazine rings is 1. The third-order valence-electron chi connectivity index (χ3n) is 6.82. The van der Waals surface area contributed by atoms with E-state index in [1.54, 1.807) is 9.58 Å². The number of aliphatic hydroxyl groups excluding tert-OH is 1. The molecule has 10 nitrogen and oxygen atoms in total. The molecule has 0 unspecified atom stereocenters. The molecule has 2 N–H and O–H groups in total. The molecular formula is C26H32N8O2. The minimum atomic E-state index is -0.202. The Morgan fingerprint density at radius 1 is 1.06 bits per heavy atom. The minimum Gasteiger partial charge on any atom is -0.394 e. The second-order valence-corrected chi connectivity index (χ2v) is 9.28. The second kappa shape index (κ2) is 9.98. The maximum absolute atomic E-state index is 12.5. The molecule has 5 heterocycles. The lowest BCUT2D eigenvalue weighted by Gasteiger charge is -2.36. The Bertz CT molecular complexity index is 1350. The van der Waals surface area contributed by atoms with Gasteiger partial charge in [0.1, 0.15) is 5.82 Å².